The van der Waals surface area contributed by atoms with E-state index >= 15 is 0 Å². The largest absolute Gasteiger partial charge is 0.444 e. The maximum absolute atomic E-state index is 12.6. The second-order valence-corrected chi connectivity index (χ2v) is 6.56. The monoisotopic (exact) mass is 378 g/mol. The molecule has 2 aromatic carbocycles. The average molecular weight is 378 g/mol. The van der Waals surface area contributed by atoms with E-state index in [0.29, 0.717) is 17.1 Å². The fourth-order valence-electron chi connectivity index (χ4n) is 3.35. The first-order valence-electron chi connectivity index (χ1n) is 8.95. The van der Waals surface area contributed by atoms with E-state index in [-0.39, 0.29) is 11.3 Å². The van der Waals surface area contributed by atoms with Gasteiger partial charge < -0.3 is 14.6 Å². The summed E-state index contributed by atoms with van der Waals surface area (Å²) in [5.41, 5.74) is 2.08. The lowest BCUT2D eigenvalue weighted by Crippen LogP contribution is -2.19. The van der Waals surface area contributed by atoms with E-state index in [1.54, 1.807) is 36.5 Å². The van der Waals surface area contributed by atoms with E-state index in [4.69, 9.17) is 4.42 Å². The van der Waals surface area contributed by atoms with E-state index in [9.17, 15) is 14.9 Å². The summed E-state index contributed by atoms with van der Waals surface area (Å²) >= 11 is 0. The molecule has 8 nitrogen and oxygen atoms in total. The van der Waals surface area contributed by atoms with Gasteiger partial charge in [-0.3, -0.25) is 14.9 Å². The minimum atomic E-state index is -0.436. The summed E-state index contributed by atoms with van der Waals surface area (Å²) in [6.45, 7) is 1.58. The molecule has 1 amide bonds. The molecule has 8 heteroatoms. The van der Waals surface area contributed by atoms with Crippen LogP contribution in [0.2, 0.25) is 0 Å². The van der Waals surface area contributed by atoms with Crippen LogP contribution < -0.4 is 10.2 Å². The summed E-state index contributed by atoms with van der Waals surface area (Å²) in [4.78, 5) is 29.6. The second-order valence-electron chi connectivity index (χ2n) is 6.56. The highest BCUT2D eigenvalue weighted by atomic mass is 16.6. The number of nitrogens with one attached hydrogen (secondary N) is 1. The van der Waals surface area contributed by atoms with Gasteiger partial charge in [0.15, 0.2) is 12.2 Å². The minimum Gasteiger partial charge on any atom is -0.444 e. The Hall–Kier alpha value is -3.68. The normalized spacial score (nSPS) is 13.5. The molecule has 0 radical (unpaired) electrons. The standard InChI is InChI=1S/C20H18N4O4/c25-20(22-16-5-3-4-14(10-16)19-12-21-13-28-19)15-6-7-17(18(11-15)24(26)27)23-8-1-2-9-23/h3-7,10-13H,1-2,8-9H2,(H,22,25). The molecule has 1 aliphatic rings. The quantitative estimate of drug-likeness (QED) is 0.530. The Morgan fingerprint density at radius 2 is 2.00 bits per heavy atom. The number of hydrogen-bond donors (Lipinski definition) is 1. The van der Waals surface area contributed by atoms with Crippen LogP contribution in [0.1, 0.15) is 23.2 Å². The Balaban J connectivity index is 1.57. The third-order valence-electron chi connectivity index (χ3n) is 4.72. The molecule has 1 aliphatic heterocycles. The molecule has 1 saturated heterocycles. The zero-order chi connectivity index (χ0) is 19.5. The van der Waals surface area contributed by atoms with Gasteiger partial charge in [-0.05, 0) is 37.1 Å². The van der Waals surface area contributed by atoms with Gasteiger partial charge in [0.1, 0.15) is 5.69 Å². The minimum absolute atomic E-state index is 0.0510. The zero-order valence-corrected chi connectivity index (χ0v) is 15.0. The van der Waals surface area contributed by atoms with Crippen LogP contribution in [0.3, 0.4) is 0 Å². The summed E-state index contributed by atoms with van der Waals surface area (Å²) in [6.07, 6.45) is 4.95. The van der Waals surface area contributed by atoms with Crippen LogP contribution in [-0.4, -0.2) is 28.9 Å². The smallest absolute Gasteiger partial charge is 0.293 e. The summed E-state index contributed by atoms with van der Waals surface area (Å²) in [6, 6.07) is 11.7. The Morgan fingerprint density at radius 3 is 2.71 bits per heavy atom. The molecule has 0 saturated carbocycles. The molecule has 3 aromatic rings. The van der Waals surface area contributed by atoms with Crippen molar-refractivity contribution in [3.05, 3.63) is 70.7 Å². The molecule has 142 valence electrons. The molecule has 1 fully saturated rings. The number of oxazole rings is 1. The molecule has 28 heavy (non-hydrogen) atoms. The van der Waals surface area contributed by atoms with Gasteiger partial charge in [0.25, 0.3) is 11.6 Å². The average Bonchev–Trinajstić information content (AvgIpc) is 3.41. The summed E-state index contributed by atoms with van der Waals surface area (Å²) in [5, 5.41) is 14.3. The Kier molecular flexibility index (Phi) is 4.76. The number of carbonyl (C=O) groups excluding carboxylic acids is 1. The molecule has 1 N–H and O–H groups in total. The number of nitrogens with zero attached hydrogens (tertiary/aromatic N) is 3. The summed E-state index contributed by atoms with van der Waals surface area (Å²) in [5.74, 6) is 0.174. The lowest BCUT2D eigenvalue weighted by atomic mass is 10.1. The van der Waals surface area contributed by atoms with Crippen molar-refractivity contribution in [2.45, 2.75) is 12.8 Å². The maximum atomic E-state index is 12.6. The number of aromatic nitrogens is 1. The predicted octanol–water partition coefficient (Wildman–Crippen LogP) is 4.10. The highest BCUT2D eigenvalue weighted by molar-refractivity contribution is 6.05. The van der Waals surface area contributed by atoms with Gasteiger partial charge >= 0.3 is 0 Å². The number of nitro benzene ring substituents is 1. The molecule has 0 aliphatic carbocycles. The number of benzene rings is 2. The molecule has 1 aromatic heterocycles. The Labute approximate surface area is 161 Å². The van der Waals surface area contributed by atoms with Crippen molar-refractivity contribution in [2.24, 2.45) is 0 Å². The number of hydrogen-bond acceptors (Lipinski definition) is 6. The van der Waals surface area contributed by atoms with E-state index in [1.165, 1.54) is 12.5 Å². The molecule has 2 heterocycles. The van der Waals surface area contributed by atoms with Gasteiger partial charge in [0.2, 0.25) is 0 Å². The first-order valence-corrected chi connectivity index (χ1v) is 8.95. The van der Waals surface area contributed by atoms with Crippen molar-refractivity contribution in [2.75, 3.05) is 23.3 Å². The molecule has 0 atom stereocenters. The highest BCUT2D eigenvalue weighted by Crippen LogP contribution is 2.32. The summed E-state index contributed by atoms with van der Waals surface area (Å²) < 4.78 is 5.26. The Morgan fingerprint density at radius 1 is 1.18 bits per heavy atom. The molecular formula is C20H18N4O4. The Bertz CT molecular complexity index is 1010. The molecule has 0 bridgehead atoms. The fraction of sp³-hybridized carbons (Fsp3) is 0.200. The number of carbonyl (C=O) groups is 1. The number of amides is 1. The maximum Gasteiger partial charge on any atom is 0.293 e. The first-order chi connectivity index (χ1) is 13.6. The van der Waals surface area contributed by atoms with Gasteiger partial charge in [0, 0.05) is 36.0 Å². The van der Waals surface area contributed by atoms with Crippen LogP contribution in [-0.2, 0) is 0 Å². The number of nitro groups is 1. The van der Waals surface area contributed by atoms with E-state index in [0.717, 1.165) is 31.5 Å². The predicted molar refractivity (Wildman–Crippen MR) is 104 cm³/mol. The van der Waals surface area contributed by atoms with E-state index < -0.39 is 10.8 Å². The number of rotatable bonds is 5. The second kappa shape index (κ2) is 7.51. The SMILES string of the molecule is O=C(Nc1cccc(-c2cnco2)c1)c1ccc(N2CCCC2)c([N+](=O)[O-])c1. The molecular weight excluding hydrogens is 360 g/mol. The lowest BCUT2D eigenvalue weighted by molar-refractivity contribution is -0.384. The molecule has 4 rings (SSSR count). The lowest BCUT2D eigenvalue weighted by Gasteiger charge is -2.17. The third-order valence-corrected chi connectivity index (χ3v) is 4.72. The van der Waals surface area contributed by atoms with Crippen molar-refractivity contribution in [1.82, 2.24) is 4.98 Å². The van der Waals surface area contributed by atoms with Crippen molar-refractivity contribution in [1.29, 1.82) is 0 Å². The van der Waals surface area contributed by atoms with E-state index in [2.05, 4.69) is 10.3 Å². The van der Waals surface area contributed by atoms with Gasteiger partial charge in [-0.2, -0.15) is 0 Å². The van der Waals surface area contributed by atoms with Crippen LogP contribution in [0.4, 0.5) is 17.1 Å². The highest BCUT2D eigenvalue weighted by Gasteiger charge is 2.24. The van der Waals surface area contributed by atoms with Crippen LogP contribution in [0, 0.1) is 10.1 Å². The third kappa shape index (κ3) is 3.57. The van der Waals surface area contributed by atoms with Crippen molar-refractivity contribution >= 4 is 23.0 Å². The van der Waals surface area contributed by atoms with Gasteiger partial charge in [0.05, 0.1) is 11.1 Å². The van der Waals surface area contributed by atoms with Gasteiger partial charge in [-0.1, -0.05) is 12.1 Å². The topological polar surface area (TPSA) is 102 Å². The van der Waals surface area contributed by atoms with Gasteiger partial charge in [-0.15, -0.1) is 0 Å². The van der Waals surface area contributed by atoms with E-state index in [1.807, 2.05) is 11.0 Å². The van der Waals surface area contributed by atoms with Crippen molar-refractivity contribution in [3.8, 4) is 11.3 Å². The van der Waals surface area contributed by atoms with Crippen molar-refractivity contribution < 1.29 is 14.1 Å². The van der Waals surface area contributed by atoms with Crippen molar-refractivity contribution in [3.63, 3.8) is 0 Å². The summed E-state index contributed by atoms with van der Waals surface area (Å²) in [7, 11) is 0. The molecule has 0 spiro atoms. The molecule has 0 unspecified atom stereocenters. The number of anilines is 2. The zero-order valence-electron chi connectivity index (χ0n) is 15.0. The van der Waals surface area contributed by atoms with Crippen LogP contribution >= 0.6 is 0 Å². The van der Waals surface area contributed by atoms with Crippen LogP contribution in [0.5, 0.6) is 0 Å². The fourth-order valence-corrected chi connectivity index (χ4v) is 3.35. The van der Waals surface area contributed by atoms with Gasteiger partial charge in [-0.25, -0.2) is 4.98 Å². The van der Waals surface area contributed by atoms with Crippen LogP contribution in [0.25, 0.3) is 11.3 Å². The van der Waals surface area contributed by atoms with Crippen LogP contribution in [0.15, 0.2) is 59.5 Å². The first kappa shape index (κ1) is 17.7.